The number of benzene rings is 1. The van der Waals surface area contributed by atoms with Gasteiger partial charge in [-0.1, -0.05) is 37.3 Å². The monoisotopic (exact) mass is 263 g/mol. The fourth-order valence-electron chi connectivity index (χ4n) is 1.70. The van der Waals surface area contributed by atoms with E-state index in [-0.39, 0.29) is 12.5 Å². The van der Waals surface area contributed by atoms with E-state index in [0.717, 1.165) is 12.1 Å². The summed E-state index contributed by atoms with van der Waals surface area (Å²) in [4.78, 5) is 24.9. The topological polar surface area (TPSA) is 61.4 Å². The van der Waals surface area contributed by atoms with Crippen LogP contribution in [0.25, 0.3) is 0 Å². The lowest BCUT2D eigenvalue weighted by Crippen LogP contribution is -2.44. The van der Waals surface area contributed by atoms with Crippen LogP contribution in [0.5, 0.6) is 0 Å². The predicted molar refractivity (Wildman–Crippen MR) is 74.6 cm³/mol. The fraction of sp³-hybridized carbons (Fsp3) is 0.429. The van der Waals surface area contributed by atoms with Gasteiger partial charge in [-0.05, 0) is 19.0 Å². The number of hydrogen-bond acceptors (Lipinski definition) is 3. The maximum Gasteiger partial charge on any atom is 0.321 e. The van der Waals surface area contributed by atoms with Crippen molar-refractivity contribution in [3.63, 3.8) is 0 Å². The van der Waals surface area contributed by atoms with Gasteiger partial charge in [-0.25, -0.2) is 4.79 Å². The van der Waals surface area contributed by atoms with Crippen molar-refractivity contribution in [2.75, 3.05) is 19.6 Å². The number of nitrogens with one attached hydrogen (secondary N) is 2. The Labute approximate surface area is 114 Å². The van der Waals surface area contributed by atoms with Gasteiger partial charge in [0.25, 0.3) is 0 Å². The minimum Gasteiger partial charge on any atom is -0.338 e. The van der Waals surface area contributed by atoms with Crippen molar-refractivity contribution in [2.45, 2.75) is 20.4 Å². The highest BCUT2D eigenvalue weighted by molar-refractivity contribution is 5.95. The molecule has 0 heterocycles. The lowest BCUT2D eigenvalue weighted by atomic mass is 10.2. The molecule has 0 radical (unpaired) electrons. The summed E-state index contributed by atoms with van der Waals surface area (Å²) in [5.41, 5.74) is 1.15. The summed E-state index contributed by atoms with van der Waals surface area (Å²) in [6.45, 7) is 5.95. The number of amides is 3. The second kappa shape index (κ2) is 8.26. The van der Waals surface area contributed by atoms with Crippen LogP contribution in [-0.2, 0) is 11.3 Å². The summed E-state index contributed by atoms with van der Waals surface area (Å²) in [7, 11) is 0. The molecule has 0 bridgehead atoms. The van der Waals surface area contributed by atoms with Crippen LogP contribution in [0.1, 0.15) is 19.4 Å². The Bertz CT molecular complexity index is 406. The Hall–Kier alpha value is -1.88. The number of hydrogen-bond donors (Lipinski definition) is 2. The van der Waals surface area contributed by atoms with Crippen molar-refractivity contribution in [3.8, 4) is 0 Å². The van der Waals surface area contributed by atoms with Crippen molar-refractivity contribution in [1.29, 1.82) is 0 Å². The number of nitrogens with zero attached hydrogens (tertiary/aromatic N) is 1. The minimum atomic E-state index is -0.441. The molecule has 0 saturated carbocycles. The van der Waals surface area contributed by atoms with Gasteiger partial charge in [0.15, 0.2) is 0 Å². The second-order valence-corrected chi connectivity index (χ2v) is 4.20. The van der Waals surface area contributed by atoms with Crippen LogP contribution in [0.15, 0.2) is 30.3 Å². The van der Waals surface area contributed by atoms with Gasteiger partial charge in [0.1, 0.15) is 0 Å². The molecule has 19 heavy (non-hydrogen) atoms. The molecule has 0 fully saturated rings. The molecular weight excluding hydrogens is 242 g/mol. The lowest BCUT2D eigenvalue weighted by molar-refractivity contribution is -0.121. The van der Waals surface area contributed by atoms with Crippen molar-refractivity contribution in [1.82, 2.24) is 15.5 Å². The number of rotatable bonds is 6. The average molecular weight is 263 g/mol. The maximum absolute atomic E-state index is 11.7. The zero-order valence-corrected chi connectivity index (χ0v) is 11.5. The molecule has 1 rings (SSSR count). The Morgan fingerprint density at radius 3 is 2.42 bits per heavy atom. The second-order valence-electron chi connectivity index (χ2n) is 4.20. The molecule has 0 aromatic heterocycles. The molecule has 0 aliphatic rings. The van der Waals surface area contributed by atoms with E-state index in [9.17, 15) is 9.59 Å². The van der Waals surface area contributed by atoms with E-state index in [1.807, 2.05) is 42.2 Å². The average Bonchev–Trinajstić information content (AvgIpc) is 2.39. The highest BCUT2D eigenvalue weighted by atomic mass is 16.2. The molecular formula is C14H21N3O2. The van der Waals surface area contributed by atoms with Crippen LogP contribution < -0.4 is 10.6 Å². The predicted octanol–water partition coefficient (Wildman–Crippen LogP) is 1.35. The number of carbonyl (C=O) groups is 2. The van der Waals surface area contributed by atoms with Crippen molar-refractivity contribution >= 4 is 11.9 Å². The molecule has 1 aromatic rings. The summed E-state index contributed by atoms with van der Waals surface area (Å²) >= 11 is 0. The van der Waals surface area contributed by atoms with Crippen LogP contribution in [0, 0.1) is 0 Å². The Balaban J connectivity index is 2.44. The molecule has 5 heteroatoms. The van der Waals surface area contributed by atoms with Gasteiger partial charge in [0, 0.05) is 13.1 Å². The zero-order chi connectivity index (χ0) is 14.1. The van der Waals surface area contributed by atoms with Crippen molar-refractivity contribution < 1.29 is 9.59 Å². The van der Waals surface area contributed by atoms with Gasteiger partial charge < -0.3 is 5.32 Å². The summed E-state index contributed by atoms with van der Waals surface area (Å²) in [5.74, 6) is -0.288. The van der Waals surface area contributed by atoms with E-state index >= 15 is 0 Å². The fourth-order valence-corrected chi connectivity index (χ4v) is 1.70. The molecule has 0 aliphatic heterocycles. The largest absolute Gasteiger partial charge is 0.338 e. The molecule has 1 aromatic carbocycles. The molecule has 5 nitrogen and oxygen atoms in total. The highest BCUT2D eigenvalue weighted by Crippen LogP contribution is 2.03. The quantitative estimate of drug-likeness (QED) is 0.814. The lowest BCUT2D eigenvalue weighted by Gasteiger charge is -2.19. The molecule has 3 amide bonds. The first-order valence-corrected chi connectivity index (χ1v) is 6.49. The van der Waals surface area contributed by atoms with E-state index in [1.165, 1.54) is 0 Å². The number of imide groups is 1. The van der Waals surface area contributed by atoms with Crippen molar-refractivity contribution in [2.24, 2.45) is 0 Å². The van der Waals surface area contributed by atoms with Crippen LogP contribution in [0.2, 0.25) is 0 Å². The summed E-state index contributed by atoms with van der Waals surface area (Å²) in [5, 5.41) is 4.83. The molecule has 0 unspecified atom stereocenters. The van der Waals surface area contributed by atoms with E-state index in [0.29, 0.717) is 13.1 Å². The minimum absolute atomic E-state index is 0.211. The van der Waals surface area contributed by atoms with Crippen molar-refractivity contribution in [3.05, 3.63) is 35.9 Å². The standard InChI is InChI=1S/C14H21N3O2/c1-3-15-14(19)16-13(18)11-17(4-2)10-12-8-6-5-7-9-12/h5-9H,3-4,10-11H2,1-2H3,(H2,15,16,18,19). The van der Waals surface area contributed by atoms with Gasteiger partial charge in [-0.3, -0.25) is 15.0 Å². The Kier molecular flexibility index (Phi) is 6.60. The first kappa shape index (κ1) is 15.2. The maximum atomic E-state index is 11.7. The SMILES string of the molecule is CCNC(=O)NC(=O)CN(CC)Cc1ccccc1. The Morgan fingerprint density at radius 2 is 1.84 bits per heavy atom. The van der Waals surface area contributed by atoms with Crippen LogP contribution in [0.3, 0.4) is 0 Å². The van der Waals surface area contributed by atoms with Crippen LogP contribution in [0.4, 0.5) is 4.79 Å². The van der Waals surface area contributed by atoms with Crippen LogP contribution in [-0.4, -0.2) is 36.5 Å². The van der Waals surface area contributed by atoms with E-state index in [1.54, 1.807) is 6.92 Å². The zero-order valence-electron chi connectivity index (χ0n) is 11.5. The van der Waals surface area contributed by atoms with Gasteiger partial charge in [-0.15, -0.1) is 0 Å². The normalized spacial score (nSPS) is 10.3. The molecule has 104 valence electrons. The first-order valence-electron chi connectivity index (χ1n) is 6.49. The summed E-state index contributed by atoms with van der Waals surface area (Å²) < 4.78 is 0. The summed E-state index contributed by atoms with van der Waals surface area (Å²) in [6, 6.07) is 9.50. The molecule has 0 saturated heterocycles. The molecule has 0 aliphatic carbocycles. The molecule has 2 N–H and O–H groups in total. The van der Waals surface area contributed by atoms with Gasteiger partial charge >= 0.3 is 6.03 Å². The van der Waals surface area contributed by atoms with E-state index in [2.05, 4.69) is 10.6 Å². The summed E-state index contributed by atoms with van der Waals surface area (Å²) in [6.07, 6.45) is 0. The highest BCUT2D eigenvalue weighted by Gasteiger charge is 2.11. The van der Waals surface area contributed by atoms with Gasteiger partial charge in [0.05, 0.1) is 6.54 Å². The third kappa shape index (κ3) is 6.01. The smallest absolute Gasteiger partial charge is 0.321 e. The molecule has 0 atom stereocenters. The van der Waals surface area contributed by atoms with E-state index < -0.39 is 6.03 Å². The number of carbonyl (C=O) groups excluding carboxylic acids is 2. The van der Waals surface area contributed by atoms with E-state index in [4.69, 9.17) is 0 Å². The first-order chi connectivity index (χ1) is 9.15. The third-order valence-electron chi connectivity index (χ3n) is 2.65. The van der Waals surface area contributed by atoms with Crippen LogP contribution >= 0.6 is 0 Å². The Morgan fingerprint density at radius 1 is 1.16 bits per heavy atom. The molecule has 0 spiro atoms. The van der Waals surface area contributed by atoms with Gasteiger partial charge in [0.2, 0.25) is 5.91 Å². The van der Waals surface area contributed by atoms with Gasteiger partial charge in [-0.2, -0.15) is 0 Å². The number of likely N-dealkylation sites (N-methyl/N-ethyl adjacent to an activating group) is 1. The number of urea groups is 1. The third-order valence-corrected chi connectivity index (χ3v) is 2.65.